The van der Waals surface area contributed by atoms with Crippen LogP contribution in [0.4, 0.5) is 0 Å². The Morgan fingerprint density at radius 2 is 1.84 bits per heavy atom. The van der Waals surface area contributed by atoms with Crippen molar-refractivity contribution in [1.29, 1.82) is 0 Å². The molecule has 1 N–H and O–H groups in total. The van der Waals surface area contributed by atoms with Crippen LogP contribution in [0.3, 0.4) is 0 Å². The van der Waals surface area contributed by atoms with Gasteiger partial charge in [0, 0.05) is 0 Å². The summed E-state index contributed by atoms with van der Waals surface area (Å²) >= 11 is 0. The van der Waals surface area contributed by atoms with Crippen LogP contribution >= 0.6 is 0 Å². The van der Waals surface area contributed by atoms with Crippen molar-refractivity contribution >= 4 is 0 Å². The van der Waals surface area contributed by atoms with E-state index in [4.69, 9.17) is 0 Å². The average molecular weight is 260 g/mol. The lowest BCUT2D eigenvalue weighted by atomic mass is 9.76. The predicted molar refractivity (Wildman–Crippen MR) is 81.1 cm³/mol. The minimum atomic E-state index is -0.300. The molecule has 1 saturated carbocycles. The van der Waals surface area contributed by atoms with Crippen LogP contribution in [-0.4, -0.2) is 5.11 Å². The van der Waals surface area contributed by atoms with Crippen LogP contribution in [0.2, 0.25) is 0 Å². The standard InChI is InChI=1S/C18H28O/c1-13(2)12-14-7-9-15(10-8-14)17(19)16-6-5-11-18(16,3)4/h7-10,13,16-17,19H,5-6,11-12H2,1-4H3. The Kier molecular flexibility index (Phi) is 4.35. The van der Waals surface area contributed by atoms with E-state index in [0.29, 0.717) is 11.8 Å². The molecule has 1 aliphatic carbocycles. The first-order valence-electron chi connectivity index (χ1n) is 7.67. The molecule has 1 aromatic rings. The molecular formula is C18H28O. The Labute approximate surface area is 118 Å². The van der Waals surface area contributed by atoms with E-state index >= 15 is 0 Å². The molecule has 0 aliphatic heterocycles. The van der Waals surface area contributed by atoms with E-state index in [2.05, 4.69) is 52.0 Å². The molecule has 0 saturated heterocycles. The number of hydrogen-bond donors (Lipinski definition) is 1. The van der Waals surface area contributed by atoms with Crippen LogP contribution in [0.5, 0.6) is 0 Å². The third-order valence-electron chi connectivity index (χ3n) is 4.69. The lowest BCUT2D eigenvalue weighted by molar-refractivity contribution is 0.0531. The number of aliphatic hydroxyl groups excluding tert-OH is 1. The molecule has 0 aromatic heterocycles. The summed E-state index contributed by atoms with van der Waals surface area (Å²) in [5, 5.41) is 10.6. The Hall–Kier alpha value is -0.820. The van der Waals surface area contributed by atoms with Crippen LogP contribution in [-0.2, 0) is 6.42 Å². The fourth-order valence-corrected chi connectivity index (χ4v) is 3.49. The zero-order valence-electron chi connectivity index (χ0n) is 12.8. The fourth-order valence-electron chi connectivity index (χ4n) is 3.49. The highest BCUT2D eigenvalue weighted by Crippen LogP contribution is 2.48. The minimum Gasteiger partial charge on any atom is -0.388 e. The maximum absolute atomic E-state index is 10.6. The smallest absolute Gasteiger partial charge is 0.0823 e. The Morgan fingerprint density at radius 3 is 2.32 bits per heavy atom. The van der Waals surface area contributed by atoms with Crippen molar-refractivity contribution in [3.05, 3.63) is 35.4 Å². The van der Waals surface area contributed by atoms with Crippen LogP contribution in [0.1, 0.15) is 64.2 Å². The fraction of sp³-hybridized carbons (Fsp3) is 0.667. The van der Waals surface area contributed by atoms with Crippen molar-refractivity contribution in [1.82, 2.24) is 0 Å². The van der Waals surface area contributed by atoms with Crippen LogP contribution in [0.25, 0.3) is 0 Å². The molecule has 0 heterocycles. The van der Waals surface area contributed by atoms with Gasteiger partial charge in [-0.05, 0) is 47.6 Å². The SMILES string of the molecule is CC(C)Cc1ccc(C(O)C2CCCC2(C)C)cc1. The van der Waals surface area contributed by atoms with Gasteiger partial charge < -0.3 is 5.11 Å². The molecule has 2 atom stereocenters. The first kappa shape index (κ1) is 14.6. The van der Waals surface area contributed by atoms with Gasteiger partial charge in [0.25, 0.3) is 0 Å². The van der Waals surface area contributed by atoms with Gasteiger partial charge in [-0.15, -0.1) is 0 Å². The van der Waals surface area contributed by atoms with Crippen molar-refractivity contribution in [2.75, 3.05) is 0 Å². The van der Waals surface area contributed by atoms with Gasteiger partial charge in [0.2, 0.25) is 0 Å². The molecule has 1 aliphatic rings. The van der Waals surface area contributed by atoms with Gasteiger partial charge in [0.05, 0.1) is 6.10 Å². The van der Waals surface area contributed by atoms with Gasteiger partial charge in [-0.25, -0.2) is 0 Å². The summed E-state index contributed by atoms with van der Waals surface area (Å²) in [6.07, 6.45) is 4.46. The van der Waals surface area contributed by atoms with E-state index in [9.17, 15) is 5.11 Å². The highest BCUT2D eigenvalue weighted by Gasteiger charge is 2.39. The molecular weight excluding hydrogens is 232 g/mol. The summed E-state index contributed by atoms with van der Waals surface area (Å²) in [7, 11) is 0. The van der Waals surface area contributed by atoms with Gasteiger partial charge >= 0.3 is 0 Å². The molecule has 19 heavy (non-hydrogen) atoms. The summed E-state index contributed by atoms with van der Waals surface area (Å²) in [5.74, 6) is 1.09. The molecule has 106 valence electrons. The van der Waals surface area contributed by atoms with Crippen molar-refractivity contribution in [2.24, 2.45) is 17.3 Å². The van der Waals surface area contributed by atoms with Crippen molar-refractivity contribution in [3.8, 4) is 0 Å². The molecule has 0 amide bonds. The second kappa shape index (κ2) is 5.66. The quantitative estimate of drug-likeness (QED) is 0.828. The maximum atomic E-state index is 10.6. The van der Waals surface area contributed by atoms with Crippen LogP contribution < -0.4 is 0 Å². The van der Waals surface area contributed by atoms with E-state index in [0.717, 1.165) is 18.4 Å². The molecule has 2 unspecified atom stereocenters. The first-order valence-corrected chi connectivity index (χ1v) is 7.67. The van der Waals surface area contributed by atoms with Crippen LogP contribution in [0.15, 0.2) is 24.3 Å². The van der Waals surface area contributed by atoms with Crippen molar-refractivity contribution in [2.45, 2.75) is 59.5 Å². The second-order valence-electron chi connectivity index (χ2n) is 7.27. The topological polar surface area (TPSA) is 20.2 Å². The Balaban J connectivity index is 2.09. The third-order valence-corrected chi connectivity index (χ3v) is 4.69. The molecule has 2 rings (SSSR count). The van der Waals surface area contributed by atoms with Gasteiger partial charge in [-0.1, -0.05) is 58.4 Å². The van der Waals surface area contributed by atoms with E-state index < -0.39 is 0 Å². The largest absolute Gasteiger partial charge is 0.388 e. The number of benzene rings is 1. The Bertz CT molecular complexity index is 402. The minimum absolute atomic E-state index is 0.274. The molecule has 1 fully saturated rings. The number of rotatable bonds is 4. The molecule has 0 spiro atoms. The lowest BCUT2D eigenvalue weighted by Crippen LogP contribution is -2.24. The van der Waals surface area contributed by atoms with E-state index in [1.54, 1.807) is 0 Å². The zero-order chi connectivity index (χ0) is 14.0. The summed E-state index contributed by atoms with van der Waals surface area (Å²) < 4.78 is 0. The van der Waals surface area contributed by atoms with Gasteiger partial charge in [-0.2, -0.15) is 0 Å². The van der Waals surface area contributed by atoms with Gasteiger partial charge in [0.1, 0.15) is 0 Å². The summed E-state index contributed by atoms with van der Waals surface area (Å²) in [6, 6.07) is 8.61. The normalized spacial score (nSPS) is 23.8. The summed E-state index contributed by atoms with van der Waals surface area (Å²) in [4.78, 5) is 0. The predicted octanol–water partition coefficient (Wildman–Crippen LogP) is 4.74. The van der Waals surface area contributed by atoms with Crippen molar-refractivity contribution < 1.29 is 5.11 Å². The number of aliphatic hydroxyl groups is 1. The monoisotopic (exact) mass is 260 g/mol. The maximum Gasteiger partial charge on any atom is 0.0823 e. The molecule has 1 aromatic carbocycles. The van der Waals surface area contributed by atoms with Gasteiger partial charge in [-0.3, -0.25) is 0 Å². The Morgan fingerprint density at radius 1 is 1.21 bits per heavy atom. The molecule has 0 bridgehead atoms. The van der Waals surface area contributed by atoms with Crippen LogP contribution in [0, 0.1) is 17.3 Å². The molecule has 1 heteroatoms. The summed E-state index contributed by atoms with van der Waals surface area (Å²) in [6.45, 7) is 9.07. The molecule has 0 radical (unpaired) electrons. The highest BCUT2D eigenvalue weighted by molar-refractivity contribution is 5.25. The van der Waals surface area contributed by atoms with E-state index in [1.165, 1.54) is 18.4 Å². The summed E-state index contributed by atoms with van der Waals surface area (Å²) in [5.41, 5.74) is 2.74. The highest BCUT2D eigenvalue weighted by atomic mass is 16.3. The zero-order valence-corrected chi connectivity index (χ0v) is 12.8. The van der Waals surface area contributed by atoms with Gasteiger partial charge in [0.15, 0.2) is 0 Å². The lowest BCUT2D eigenvalue weighted by Gasteiger charge is -2.31. The first-order chi connectivity index (χ1) is 8.90. The third kappa shape index (κ3) is 3.39. The van der Waals surface area contributed by atoms with Crippen molar-refractivity contribution in [3.63, 3.8) is 0 Å². The van der Waals surface area contributed by atoms with E-state index in [1.807, 2.05) is 0 Å². The average Bonchev–Trinajstić information content (AvgIpc) is 2.68. The second-order valence-corrected chi connectivity index (χ2v) is 7.27. The molecule has 1 nitrogen and oxygen atoms in total. The number of hydrogen-bond acceptors (Lipinski definition) is 1. The van der Waals surface area contributed by atoms with E-state index in [-0.39, 0.29) is 11.5 Å².